The number of anilines is 1. The van der Waals surface area contributed by atoms with Gasteiger partial charge >= 0.3 is 0 Å². The number of carbonyl (C=O) groups excluding carboxylic acids is 1. The molecule has 0 unspecified atom stereocenters. The second-order valence-electron chi connectivity index (χ2n) is 6.81. The minimum Gasteiger partial charge on any atom is -0.360 e. The number of nitrogens with one attached hydrogen (secondary N) is 2. The van der Waals surface area contributed by atoms with Crippen LogP contribution in [0.2, 0.25) is 0 Å². The summed E-state index contributed by atoms with van der Waals surface area (Å²) in [5.41, 5.74) is 3.38. The largest absolute Gasteiger partial charge is 0.360 e. The molecule has 2 N–H and O–H groups in total. The second-order valence-corrected chi connectivity index (χ2v) is 6.81. The highest BCUT2D eigenvalue weighted by Crippen LogP contribution is 2.33. The van der Waals surface area contributed by atoms with Crippen LogP contribution in [0.1, 0.15) is 44.1 Å². The number of hydrogen-bond donors (Lipinski definition) is 2. The molecule has 1 saturated heterocycles. The number of aromatic amines is 1. The zero-order valence-corrected chi connectivity index (χ0v) is 13.6. The smallest absolute Gasteiger partial charge is 0.228 e. The van der Waals surface area contributed by atoms with Crippen molar-refractivity contribution in [3.63, 3.8) is 0 Å². The molecule has 23 heavy (non-hydrogen) atoms. The van der Waals surface area contributed by atoms with E-state index >= 15 is 0 Å². The van der Waals surface area contributed by atoms with Crippen LogP contribution >= 0.6 is 0 Å². The number of amides is 1. The lowest BCUT2D eigenvalue weighted by Crippen LogP contribution is -2.32. The van der Waals surface area contributed by atoms with Gasteiger partial charge < -0.3 is 15.2 Å². The van der Waals surface area contributed by atoms with Crippen LogP contribution in [-0.2, 0) is 4.79 Å². The number of rotatable bonds is 4. The summed E-state index contributed by atoms with van der Waals surface area (Å²) in [5.74, 6) is 1.57. The van der Waals surface area contributed by atoms with E-state index in [-0.39, 0.29) is 11.8 Å². The van der Waals surface area contributed by atoms with Crippen LogP contribution in [-0.4, -0.2) is 40.4 Å². The minimum absolute atomic E-state index is 0.116. The van der Waals surface area contributed by atoms with Crippen LogP contribution in [0.25, 0.3) is 11.0 Å². The van der Waals surface area contributed by atoms with Gasteiger partial charge in [0.05, 0.1) is 11.0 Å². The van der Waals surface area contributed by atoms with Crippen molar-refractivity contribution < 1.29 is 4.79 Å². The average molecular weight is 312 g/mol. The summed E-state index contributed by atoms with van der Waals surface area (Å²) >= 11 is 0. The Labute approximate surface area is 136 Å². The fourth-order valence-corrected chi connectivity index (χ4v) is 3.53. The van der Waals surface area contributed by atoms with E-state index in [4.69, 9.17) is 4.98 Å². The van der Waals surface area contributed by atoms with Crippen molar-refractivity contribution in [3.05, 3.63) is 23.9 Å². The van der Waals surface area contributed by atoms with Crippen LogP contribution in [0.3, 0.4) is 0 Å². The minimum atomic E-state index is 0.116. The van der Waals surface area contributed by atoms with Crippen LogP contribution in [0.5, 0.6) is 0 Å². The molecule has 0 bridgehead atoms. The Balaban J connectivity index is 1.56. The molecule has 1 aliphatic heterocycles. The number of aromatic nitrogens is 2. The first kappa shape index (κ1) is 14.7. The Kier molecular flexibility index (Phi) is 3.81. The topological polar surface area (TPSA) is 61.0 Å². The molecule has 2 aliphatic rings. The monoisotopic (exact) mass is 312 g/mol. The fourth-order valence-electron chi connectivity index (χ4n) is 3.53. The van der Waals surface area contributed by atoms with Gasteiger partial charge in [0.25, 0.3) is 0 Å². The van der Waals surface area contributed by atoms with Gasteiger partial charge in [-0.2, -0.15) is 0 Å². The van der Waals surface area contributed by atoms with Gasteiger partial charge in [-0.25, -0.2) is 4.98 Å². The second kappa shape index (κ2) is 5.96. The molecule has 4 rings (SSSR count). The van der Waals surface area contributed by atoms with Crippen molar-refractivity contribution >= 4 is 22.8 Å². The van der Waals surface area contributed by atoms with E-state index in [0.717, 1.165) is 43.5 Å². The third-order valence-electron chi connectivity index (χ3n) is 5.23. The van der Waals surface area contributed by atoms with E-state index in [2.05, 4.69) is 28.3 Å². The zero-order valence-electron chi connectivity index (χ0n) is 13.6. The first-order valence-corrected chi connectivity index (χ1v) is 8.76. The van der Waals surface area contributed by atoms with Crippen molar-refractivity contribution in [1.29, 1.82) is 0 Å². The van der Waals surface area contributed by atoms with Gasteiger partial charge in [0.1, 0.15) is 5.82 Å². The number of likely N-dealkylation sites (tertiary alicyclic amines) is 1. The summed E-state index contributed by atoms with van der Waals surface area (Å²) in [6, 6.07) is 3.91. The van der Waals surface area contributed by atoms with E-state index in [1.54, 1.807) is 0 Å². The number of fused-ring (bicyclic) bond motifs is 1. The van der Waals surface area contributed by atoms with Crippen molar-refractivity contribution in [2.24, 2.45) is 5.92 Å². The molecule has 2 fully saturated rings. The highest BCUT2D eigenvalue weighted by molar-refractivity contribution is 5.94. The van der Waals surface area contributed by atoms with E-state index in [9.17, 15) is 4.79 Å². The molecule has 0 aromatic carbocycles. The number of carbonyl (C=O) groups is 1. The van der Waals surface area contributed by atoms with Crippen LogP contribution in [0, 0.1) is 5.92 Å². The maximum absolute atomic E-state index is 11.9. The third-order valence-corrected chi connectivity index (χ3v) is 5.23. The number of piperidine rings is 1. The molecule has 2 aromatic heterocycles. The molecule has 1 amide bonds. The number of H-pyrrole nitrogens is 1. The Morgan fingerprint density at radius 2 is 2.09 bits per heavy atom. The molecule has 0 atom stereocenters. The summed E-state index contributed by atoms with van der Waals surface area (Å²) in [6.07, 6.45) is 6.50. The molecule has 0 spiro atoms. The van der Waals surface area contributed by atoms with Crippen LogP contribution in [0.4, 0.5) is 5.82 Å². The Morgan fingerprint density at radius 3 is 2.78 bits per heavy atom. The van der Waals surface area contributed by atoms with Crippen molar-refractivity contribution in [3.8, 4) is 0 Å². The molecule has 5 nitrogen and oxygen atoms in total. The molecule has 1 saturated carbocycles. The van der Waals surface area contributed by atoms with E-state index in [0.29, 0.717) is 11.7 Å². The molecule has 0 radical (unpaired) electrons. The van der Waals surface area contributed by atoms with E-state index < -0.39 is 0 Å². The normalized spacial score (nSPS) is 20.0. The SMILES string of the molecule is CCN1CCC(c2c[nH]c3ccc(NC(=O)C4CC4)nc23)CC1. The zero-order chi connectivity index (χ0) is 15.8. The first-order valence-electron chi connectivity index (χ1n) is 8.76. The lowest BCUT2D eigenvalue weighted by Gasteiger charge is -2.30. The summed E-state index contributed by atoms with van der Waals surface area (Å²) in [6.45, 7) is 5.68. The van der Waals surface area contributed by atoms with Gasteiger partial charge in [-0.1, -0.05) is 6.92 Å². The van der Waals surface area contributed by atoms with Gasteiger partial charge in [0.2, 0.25) is 5.91 Å². The van der Waals surface area contributed by atoms with Gasteiger partial charge in [-0.15, -0.1) is 0 Å². The van der Waals surface area contributed by atoms with E-state index in [1.807, 2.05) is 12.1 Å². The molecular weight excluding hydrogens is 288 g/mol. The molecule has 2 aromatic rings. The number of pyridine rings is 1. The molecule has 122 valence electrons. The molecular formula is C18H24N4O. The Hall–Kier alpha value is -1.88. The fraction of sp³-hybridized carbons (Fsp3) is 0.556. The van der Waals surface area contributed by atoms with E-state index in [1.165, 1.54) is 18.4 Å². The summed E-state index contributed by atoms with van der Waals surface area (Å²) in [4.78, 5) is 22.5. The Bertz CT molecular complexity index is 711. The Morgan fingerprint density at radius 1 is 1.30 bits per heavy atom. The van der Waals surface area contributed by atoms with Gasteiger partial charge in [-0.05, 0) is 68.9 Å². The number of nitrogens with zero attached hydrogens (tertiary/aromatic N) is 2. The van der Waals surface area contributed by atoms with Crippen molar-refractivity contribution in [2.45, 2.75) is 38.5 Å². The molecule has 5 heteroatoms. The summed E-state index contributed by atoms with van der Waals surface area (Å²) in [7, 11) is 0. The highest BCUT2D eigenvalue weighted by Gasteiger charge is 2.30. The predicted molar refractivity (Wildman–Crippen MR) is 91.5 cm³/mol. The van der Waals surface area contributed by atoms with Crippen LogP contribution < -0.4 is 5.32 Å². The van der Waals surface area contributed by atoms with Crippen LogP contribution in [0.15, 0.2) is 18.3 Å². The predicted octanol–water partition coefficient (Wildman–Crippen LogP) is 3.11. The lowest BCUT2D eigenvalue weighted by atomic mass is 9.90. The standard InChI is InChI=1S/C18H24N4O/c1-2-22-9-7-12(8-10-22)14-11-19-15-5-6-16(20-17(14)15)21-18(23)13-3-4-13/h5-6,11-13,19H,2-4,7-10H2,1H3,(H,20,21,23). The summed E-state index contributed by atoms with van der Waals surface area (Å²) in [5, 5.41) is 2.96. The average Bonchev–Trinajstić information content (AvgIpc) is 3.35. The maximum Gasteiger partial charge on any atom is 0.228 e. The maximum atomic E-state index is 11.9. The van der Waals surface area contributed by atoms with Gasteiger partial charge in [-0.3, -0.25) is 4.79 Å². The first-order chi connectivity index (χ1) is 11.2. The van der Waals surface area contributed by atoms with Gasteiger partial charge in [0.15, 0.2) is 0 Å². The summed E-state index contributed by atoms with van der Waals surface area (Å²) < 4.78 is 0. The van der Waals surface area contributed by atoms with Gasteiger partial charge in [0, 0.05) is 12.1 Å². The molecule has 3 heterocycles. The lowest BCUT2D eigenvalue weighted by molar-refractivity contribution is -0.117. The van der Waals surface area contributed by atoms with Crippen molar-refractivity contribution in [1.82, 2.24) is 14.9 Å². The quantitative estimate of drug-likeness (QED) is 0.912. The highest BCUT2D eigenvalue weighted by atomic mass is 16.2. The van der Waals surface area contributed by atoms with Crippen molar-refractivity contribution in [2.75, 3.05) is 25.0 Å². The third kappa shape index (κ3) is 2.98. The number of hydrogen-bond acceptors (Lipinski definition) is 3. The molecule has 1 aliphatic carbocycles.